The minimum atomic E-state index is -0.319. The number of ether oxygens (including phenoxy) is 3. The zero-order valence-corrected chi connectivity index (χ0v) is 15.7. The Morgan fingerprint density at radius 3 is 2.65 bits per heavy atom. The lowest BCUT2D eigenvalue weighted by Gasteiger charge is -2.28. The van der Waals surface area contributed by atoms with Crippen LogP contribution in [0.5, 0.6) is 5.75 Å². The van der Waals surface area contributed by atoms with Crippen molar-refractivity contribution in [1.29, 1.82) is 0 Å². The van der Waals surface area contributed by atoms with E-state index in [4.69, 9.17) is 14.2 Å². The van der Waals surface area contributed by atoms with Crippen LogP contribution < -0.4 is 4.74 Å². The minimum absolute atomic E-state index is 0.145. The van der Waals surface area contributed by atoms with Crippen molar-refractivity contribution >= 4 is 5.97 Å². The van der Waals surface area contributed by atoms with Gasteiger partial charge in [-0.1, -0.05) is 35.9 Å². The molecule has 2 aromatic rings. The third-order valence-electron chi connectivity index (χ3n) is 4.40. The van der Waals surface area contributed by atoms with Gasteiger partial charge in [0.05, 0.1) is 31.5 Å². The van der Waals surface area contributed by atoms with E-state index >= 15 is 0 Å². The maximum atomic E-state index is 12.2. The maximum Gasteiger partial charge on any atom is 0.338 e. The number of hydrogen-bond donors (Lipinski definition) is 0. The fourth-order valence-electron chi connectivity index (χ4n) is 2.97. The van der Waals surface area contributed by atoms with E-state index in [2.05, 4.69) is 31.2 Å². The molecule has 0 saturated carbocycles. The van der Waals surface area contributed by atoms with Crippen LogP contribution >= 0.6 is 0 Å². The first-order valence-electron chi connectivity index (χ1n) is 9.14. The zero-order chi connectivity index (χ0) is 18.5. The lowest BCUT2D eigenvalue weighted by molar-refractivity contribution is 0.00729. The summed E-state index contributed by atoms with van der Waals surface area (Å²) in [5.74, 6) is 0.767. The molecule has 4 nitrogen and oxygen atoms in total. The number of carbonyl (C=O) groups excluding carboxylic acids is 1. The monoisotopic (exact) mass is 354 g/mol. The van der Waals surface area contributed by atoms with Gasteiger partial charge in [-0.15, -0.1) is 0 Å². The predicted octanol–water partition coefficient (Wildman–Crippen LogP) is 4.30. The second-order valence-electron chi connectivity index (χ2n) is 7.03. The number of hydrogen-bond acceptors (Lipinski definition) is 4. The minimum Gasteiger partial charge on any atom is -0.493 e. The van der Waals surface area contributed by atoms with E-state index in [1.807, 2.05) is 26.0 Å². The molecule has 1 fully saturated rings. The Morgan fingerprint density at radius 2 is 2.00 bits per heavy atom. The molecule has 1 heterocycles. The molecule has 0 bridgehead atoms. The van der Waals surface area contributed by atoms with Crippen molar-refractivity contribution in [3.63, 3.8) is 0 Å². The summed E-state index contributed by atoms with van der Waals surface area (Å²) in [6.45, 7) is 7.73. The zero-order valence-electron chi connectivity index (χ0n) is 15.7. The molecule has 0 radical (unpaired) electrons. The van der Waals surface area contributed by atoms with Crippen molar-refractivity contribution < 1.29 is 19.0 Å². The first kappa shape index (κ1) is 18.5. The van der Waals surface area contributed by atoms with Crippen molar-refractivity contribution in [3.05, 3.63) is 64.7 Å². The average molecular weight is 354 g/mol. The van der Waals surface area contributed by atoms with E-state index in [9.17, 15) is 4.79 Å². The number of esters is 1. The van der Waals surface area contributed by atoms with Crippen molar-refractivity contribution in [2.75, 3.05) is 19.8 Å². The molecule has 26 heavy (non-hydrogen) atoms. The van der Waals surface area contributed by atoms with Crippen molar-refractivity contribution in [2.45, 2.75) is 39.2 Å². The standard InChI is InChI=1S/C22H26O4/c1-15(2)26-22(23)18-7-8-20(19-13-24-14-19)21(12-18)25-10-9-17-6-4-5-16(3)11-17/h4-8,11-12,15,19H,9-10,13-14H2,1-3H3. The molecule has 0 unspecified atom stereocenters. The molecule has 0 spiro atoms. The Morgan fingerprint density at radius 1 is 1.19 bits per heavy atom. The molecule has 0 amide bonds. The van der Waals surface area contributed by atoms with E-state index in [1.54, 1.807) is 6.07 Å². The Balaban J connectivity index is 1.72. The topological polar surface area (TPSA) is 44.8 Å². The highest BCUT2D eigenvalue weighted by Crippen LogP contribution is 2.33. The Labute approximate surface area is 155 Å². The smallest absolute Gasteiger partial charge is 0.338 e. The largest absolute Gasteiger partial charge is 0.493 e. The van der Waals surface area contributed by atoms with Crippen LogP contribution in [0.3, 0.4) is 0 Å². The predicted molar refractivity (Wildman–Crippen MR) is 101 cm³/mol. The quantitative estimate of drug-likeness (QED) is 0.696. The molecular formula is C22H26O4. The Hall–Kier alpha value is -2.33. The van der Waals surface area contributed by atoms with Crippen LogP contribution in [0.1, 0.15) is 46.8 Å². The highest BCUT2D eigenvalue weighted by atomic mass is 16.5. The van der Waals surface area contributed by atoms with Crippen LogP contribution in [0.2, 0.25) is 0 Å². The summed E-state index contributed by atoms with van der Waals surface area (Å²) in [5, 5.41) is 0. The van der Waals surface area contributed by atoms with E-state index in [0.717, 1.165) is 17.7 Å². The van der Waals surface area contributed by atoms with E-state index in [1.165, 1.54) is 11.1 Å². The fourth-order valence-corrected chi connectivity index (χ4v) is 2.97. The molecule has 1 aliphatic rings. The molecule has 2 aromatic carbocycles. The highest BCUT2D eigenvalue weighted by Gasteiger charge is 2.25. The number of carbonyl (C=O) groups is 1. The van der Waals surface area contributed by atoms with Crippen LogP contribution in [0, 0.1) is 6.92 Å². The molecular weight excluding hydrogens is 328 g/mol. The van der Waals surface area contributed by atoms with Crippen LogP contribution in [0.15, 0.2) is 42.5 Å². The summed E-state index contributed by atoms with van der Waals surface area (Å²) in [4.78, 5) is 12.2. The van der Waals surface area contributed by atoms with Gasteiger partial charge >= 0.3 is 5.97 Å². The molecule has 0 atom stereocenters. The van der Waals surface area contributed by atoms with Crippen molar-refractivity contribution in [2.24, 2.45) is 0 Å². The fraction of sp³-hybridized carbons (Fsp3) is 0.409. The molecule has 0 N–H and O–H groups in total. The second kappa shape index (κ2) is 8.37. The normalized spacial score (nSPS) is 14.2. The number of rotatable bonds is 7. The van der Waals surface area contributed by atoms with Gasteiger partial charge in [0.25, 0.3) is 0 Å². The summed E-state index contributed by atoms with van der Waals surface area (Å²) < 4.78 is 16.7. The van der Waals surface area contributed by atoms with Gasteiger partial charge in [0.2, 0.25) is 0 Å². The van der Waals surface area contributed by atoms with Gasteiger partial charge in [0, 0.05) is 17.9 Å². The van der Waals surface area contributed by atoms with Crippen LogP contribution in [0.4, 0.5) is 0 Å². The van der Waals surface area contributed by atoms with Crippen LogP contribution in [-0.2, 0) is 15.9 Å². The summed E-state index contributed by atoms with van der Waals surface area (Å²) in [6.07, 6.45) is 0.677. The Kier molecular flexibility index (Phi) is 5.94. The Bertz CT molecular complexity index is 762. The lowest BCUT2D eigenvalue weighted by atomic mass is 9.95. The first-order valence-corrected chi connectivity index (χ1v) is 9.14. The molecule has 0 aliphatic carbocycles. The first-order chi connectivity index (χ1) is 12.5. The van der Waals surface area contributed by atoms with E-state index in [-0.39, 0.29) is 12.1 Å². The number of aryl methyl sites for hydroxylation is 1. The van der Waals surface area contributed by atoms with Crippen LogP contribution in [0.25, 0.3) is 0 Å². The van der Waals surface area contributed by atoms with E-state index < -0.39 is 0 Å². The molecule has 4 heteroatoms. The maximum absolute atomic E-state index is 12.2. The summed E-state index contributed by atoms with van der Waals surface area (Å²) >= 11 is 0. The van der Waals surface area contributed by atoms with Crippen molar-refractivity contribution in [1.82, 2.24) is 0 Å². The van der Waals surface area contributed by atoms with Gasteiger partial charge in [-0.05, 0) is 38.5 Å². The van der Waals surface area contributed by atoms with Gasteiger partial charge in [-0.25, -0.2) is 4.79 Å². The lowest BCUT2D eigenvalue weighted by Crippen LogP contribution is -2.26. The van der Waals surface area contributed by atoms with Gasteiger partial charge in [0.15, 0.2) is 0 Å². The third kappa shape index (κ3) is 4.64. The van der Waals surface area contributed by atoms with Gasteiger partial charge < -0.3 is 14.2 Å². The molecule has 138 valence electrons. The van der Waals surface area contributed by atoms with Gasteiger partial charge in [-0.2, -0.15) is 0 Å². The van der Waals surface area contributed by atoms with Crippen LogP contribution in [-0.4, -0.2) is 31.9 Å². The summed E-state index contributed by atoms with van der Waals surface area (Å²) in [7, 11) is 0. The van der Waals surface area contributed by atoms with Gasteiger partial charge in [-0.3, -0.25) is 0 Å². The molecule has 0 aromatic heterocycles. The number of benzene rings is 2. The summed E-state index contributed by atoms with van der Waals surface area (Å²) in [5.41, 5.74) is 4.11. The average Bonchev–Trinajstić information content (AvgIpc) is 2.54. The van der Waals surface area contributed by atoms with E-state index in [0.29, 0.717) is 31.3 Å². The van der Waals surface area contributed by atoms with Crippen molar-refractivity contribution in [3.8, 4) is 5.75 Å². The van der Waals surface area contributed by atoms with Gasteiger partial charge in [0.1, 0.15) is 5.75 Å². The third-order valence-corrected chi connectivity index (χ3v) is 4.40. The molecule has 1 saturated heterocycles. The highest BCUT2D eigenvalue weighted by molar-refractivity contribution is 5.90. The summed E-state index contributed by atoms with van der Waals surface area (Å²) in [6, 6.07) is 14.0. The molecule has 1 aliphatic heterocycles. The second-order valence-corrected chi connectivity index (χ2v) is 7.03. The SMILES string of the molecule is Cc1cccc(CCOc2cc(C(=O)OC(C)C)ccc2C2COC2)c1. The molecule has 3 rings (SSSR count).